The summed E-state index contributed by atoms with van der Waals surface area (Å²) >= 11 is 0. The van der Waals surface area contributed by atoms with Crippen LogP contribution in [0.4, 0.5) is 0 Å². The van der Waals surface area contributed by atoms with Crippen molar-refractivity contribution in [3.8, 4) is 0 Å². The lowest BCUT2D eigenvalue weighted by Crippen LogP contribution is -2.33. The molecule has 0 unspecified atom stereocenters. The van der Waals surface area contributed by atoms with Gasteiger partial charge in [-0.3, -0.25) is 4.98 Å². The van der Waals surface area contributed by atoms with Gasteiger partial charge in [-0.15, -0.1) is 0 Å². The lowest BCUT2D eigenvalue weighted by Gasteiger charge is -2.10. The molecule has 5 nitrogen and oxygen atoms in total. The van der Waals surface area contributed by atoms with Gasteiger partial charge in [0, 0.05) is 6.20 Å². The van der Waals surface area contributed by atoms with Crippen molar-refractivity contribution in [3.05, 3.63) is 30.1 Å². The predicted molar refractivity (Wildman–Crippen MR) is 48.9 cm³/mol. The Bertz CT molecular complexity index is 363. The minimum absolute atomic E-state index is 0.406. The van der Waals surface area contributed by atoms with Gasteiger partial charge in [-0.2, -0.15) is 13.1 Å². The zero-order valence-electron chi connectivity index (χ0n) is 7.14. The van der Waals surface area contributed by atoms with E-state index in [2.05, 4.69) is 9.71 Å². The van der Waals surface area contributed by atoms with E-state index in [0.29, 0.717) is 5.69 Å². The molecule has 1 atom stereocenters. The van der Waals surface area contributed by atoms with Gasteiger partial charge in [0.15, 0.2) is 0 Å². The van der Waals surface area contributed by atoms with E-state index < -0.39 is 16.3 Å². The van der Waals surface area contributed by atoms with E-state index in [-0.39, 0.29) is 0 Å². The van der Waals surface area contributed by atoms with Crippen LogP contribution in [0.1, 0.15) is 18.7 Å². The van der Waals surface area contributed by atoms with E-state index in [9.17, 15) is 8.42 Å². The smallest absolute Gasteiger partial charge is 0.260 e. The molecule has 0 saturated heterocycles. The van der Waals surface area contributed by atoms with Crippen molar-refractivity contribution in [2.75, 3.05) is 0 Å². The molecule has 0 aliphatic rings. The number of pyridine rings is 1. The van der Waals surface area contributed by atoms with E-state index in [1.165, 1.54) is 0 Å². The van der Waals surface area contributed by atoms with E-state index >= 15 is 0 Å². The summed E-state index contributed by atoms with van der Waals surface area (Å²) in [6, 6.07) is 4.86. The molecule has 1 rings (SSSR count). The molecule has 1 heterocycles. The van der Waals surface area contributed by atoms with Gasteiger partial charge in [0.05, 0.1) is 11.7 Å². The number of hydrogen-bond donors (Lipinski definition) is 2. The molecule has 0 spiro atoms. The SMILES string of the molecule is C[C@H](NS(N)(=O)=O)c1ccccn1. The summed E-state index contributed by atoms with van der Waals surface area (Å²) in [7, 11) is -3.66. The Kier molecular flexibility index (Phi) is 2.97. The molecule has 0 aliphatic heterocycles. The third-order valence-electron chi connectivity index (χ3n) is 1.47. The fourth-order valence-corrected chi connectivity index (χ4v) is 1.55. The highest BCUT2D eigenvalue weighted by atomic mass is 32.2. The van der Waals surface area contributed by atoms with Crippen molar-refractivity contribution >= 4 is 10.2 Å². The fourth-order valence-electron chi connectivity index (χ4n) is 0.939. The highest BCUT2D eigenvalue weighted by molar-refractivity contribution is 7.87. The molecule has 0 fully saturated rings. The van der Waals surface area contributed by atoms with Gasteiger partial charge in [-0.1, -0.05) is 6.07 Å². The summed E-state index contributed by atoms with van der Waals surface area (Å²) in [4.78, 5) is 3.98. The van der Waals surface area contributed by atoms with Crippen LogP contribution >= 0.6 is 0 Å². The third kappa shape index (κ3) is 3.49. The van der Waals surface area contributed by atoms with Crippen LogP contribution in [0.15, 0.2) is 24.4 Å². The molecule has 3 N–H and O–H groups in total. The van der Waals surface area contributed by atoms with Crippen LogP contribution in [-0.4, -0.2) is 13.4 Å². The normalized spacial score (nSPS) is 14.0. The first kappa shape index (κ1) is 10.1. The first-order chi connectivity index (χ1) is 5.99. The Hall–Kier alpha value is -0.980. The van der Waals surface area contributed by atoms with Crippen LogP contribution in [0.3, 0.4) is 0 Å². The minimum atomic E-state index is -3.66. The largest absolute Gasteiger partial charge is 0.274 e. The van der Waals surface area contributed by atoms with Gasteiger partial charge in [-0.25, -0.2) is 5.14 Å². The van der Waals surface area contributed by atoms with Gasteiger partial charge in [-0.05, 0) is 19.1 Å². The molecule has 0 amide bonds. The molecule has 0 aliphatic carbocycles. The maximum Gasteiger partial charge on any atom is 0.274 e. The molecular weight excluding hydrogens is 190 g/mol. The van der Waals surface area contributed by atoms with E-state index in [4.69, 9.17) is 5.14 Å². The zero-order chi connectivity index (χ0) is 9.90. The number of rotatable bonds is 3. The highest BCUT2D eigenvalue weighted by Crippen LogP contribution is 2.07. The number of aromatic nitrogens is 1. The van der Waals surface area contributed by atoms with Crippen molar-refractivity contribution in [2.24, 2.45) is 5.14 Å². The molecule has 1 aromatic heterocycles. The summed E-state index contributed by atoms with van der Waals surface area (Å²) in [5, 5.41) is 4.81. The second-order valence-electron chi connectivity index (χ2n) is 2.64. The molecule has 72 valence electrons. The summed E-state index contributed by atoms with van der Waals surface area (Å²) in [5.74, 6) is 0. The van der Waals surface area contributed by atoms with E-state index in [1.807, 2.05) is 0 Å². The van der Waals surface area contributed by atoms with Crippen LogP contribution in [0.5, 0.6) is 0 Å². The molecule has 0 bridgehead atoms. The Morgan fingerprint density at radius 3 is 2.69 bits per heavy atom. The Morgan fingerprint density at radius 2 is 2.23 bits per heavy atom. The van der Waals surface area contributed by atoms with Crippen molar-refractivity contribution in [1.82, 2.24) is 9.71 Å². The second-order valence-corrected chi connectivity index (χ2v) is 3.96. The topological polar surface area (TPSA) is 85.1 Å². The summed E-state index contributed by atoms with van der Waals surface area (Å²) in [5.41, 5.74) is 0.636. The van der Waals surface area contributed by atoms with Crippen molar-refractivity contribution < 1.29 is 8.42 Å². The summed E-state index contributed by atoms with van der Waals surface area (Å²) < 4.78 is 23.5. The number of nitrogens with zero attached hydrogens (tertiary/aromatic N) is 1. The maximum atomic E-state index is 10.7. The van der Waals surface area contributed by atoms with Gasteiger partial charge in [0.2, 0.25) is 0 Å². The molecule has 13 heavy (non-hydrogen) atoms. The first-order valence-electron chi connectivity index (χ1n) is 3.70. The molecule has 0 saturated carbocycles. The quantitative estimate of drug-likeness (QED) is 0.718. The average Bonchev–Trinajstić information content (AvgIpc) is 2.03. The van der Waals surface area contributed by atoms with Crippen LogP contribution < -0.4 is 9.86 Å². The molecule has 1 aromatic rings. The van der Waals surface area contributed by atoms with Crippen molar-refractivity contribution in [2.45, 2.75) is 13.0 Å². The standard InChI is InChI=1S/C7H11N3O2S/c1-6(10-13(8,11)12)7-4-2-3-5-9-7/h2-6,10H,1H3,(H2,8,11,12)/t6-/m0/s1. The number of nitrogens with one attached hydrogen (secondary N) is 1. The van der Waals surface area contributed by atoms with Crippen molar-refractivity contribution in [1.29, 1.82) is 0 Å². The monoisotopic (exact) mass is 201 g/mol. The number of hydrogen-bond acceptors (Lipinski definition) is 3. The van der Waals surface area contributed by atoms with Crippen LogP contribution in [0.2, 0.25) is 0 Å². The van der Waals surface area contributed by atoms with Gasteiger partial charge >= 0.3 is 0 Å². The molecule has 0 aromatic carbocycles. The van der Waals surface area contributed by atoms with Crippen LogP contribution in [0.25, 0.3) is 0 Å². The lowest BCUT2D eigenvalue weighted by atomic mass is 10.2. The Morgan fingerprint density at radius 1 is 1.54 bits per heavy atom. The van der Waals surface area contributed by atoms with Gasteiger partial charge in [0.1, 0.15) is 0 Å². The third-order valence-corrected chi connectivity index (χ3v) is 2.15. The summed E-state index contributed by atoms with van der Waals surface area (Å²) in [6.07, 6.45) is 1.59. The number of nitrogens with two attached hydrogens (primary N) is 1. The van der Waals surface area contributed by atoms with Gasteiger partial charge < -0.3 is 0 Å². The zero-order valence-corrected chi connectivity index (χ0v) is 7.95. The Balaban J connectivity index is 2.76. The van der Waals surface area contributed by atoms with E-state index in [0.717, 1.165) is 0 Å². The second kappa shape index (κ2) is 3.82. The Labute approximate surface area is 77.2 Å². The lowest BCUT2D eigenvalue weighted by molar-refractivity contribution is 0.565. The molecule has 0 radical (unpaired) electrons. The predicted octanol–water partition coefficient (Wildman–Crippen LogP) is -0.0643. The molecular formula is C7H11N3O2S. The fraction of sp³-hybridized carbons (Fsp3) is 0.286. The summed E-state index contributed by atoms with van der Waals surface area (Å²) in [6.45, 7) is 1.67. The maximum absolute atomic E-state index is 10.7. The average molecular weight is 201 g/mol. The first-order valence-corrected chi connectivity index (χ1v) is 5.24. The minimum Gasteiger partial charge on any atom is -0.260 e. The van der Waals surface area contributed by atoms with Crippen LogP contribution in [0, 0.1) is 0 Å². The van der Waals surface area contributed by atoms with E-state index in [1.54, 1.807) is 31.3 Å². The van der Waals surface area contributed by atoms with Gasteiger partial charge in [0.25, 0.3) is 10.2 Å². The highest BCUT2D eigenvalue weighted by Gasteiger charge is 2.11. The molecule has 6 heteroatoms. The van der Waals surface area contributed by atoms with Crippen molar-refractivity contribution in [3.63, 3.8) is 0 Å². The van der Waals surface area contributed by atoms with Crippen LogP contribution in [-0.2, 0) is 10.2 Å².